The first-order valence-electron chi connectivity index (χ1n) is 6.69. The molecule has 4 aromatic rings. The first kappa shape index (κ1) is 12.3. The third kappa shape index (κ3) is 1.74. The zero-order chi connectivity index (χ0) is 14.6. The highest BCUT2D eigenvalue weighted by atomic mass is 32.1. The van der Waals surface area contributed by atoms with Crippen LogP contribution in [0, 0.1) is 6.92 Å². The molecule has 0 saturated carbocycles. The van der Waals surface area contributed by atoms with Gasteiger partial charge in [0.15, 0.2) is 0 Å². The summed E-state index contributed by atoms with van der Waals surface area (Å²) in [5.41, 5.74) is 4.99. The molecule has 21 heavy (non-hydrogen) atoms. The van der Waals surface area contributed by atoms with E-state index in [1.54, 1.807) is 4.57 Å². The van der Waals surface area contributed by atoms with Crippen molar-refractivity contribution in [2.24, 2.45) is 7.05 Å². The van der Waals surface area contributed by atoms with Gasteiger partial charge in [0.05, 0.1) is 15.9 Å². The fourth-order valence-electron chi connectivity index (χ4n) is 2.67. The van der Waals surface area contributed by atoms with Crippen molar-refractivity contribution in [1.29, 1.82) is 0 Å². The molecule has 0 spiro atoms. The molecule has 0 aliphatic rings. The maximum absolute atomic E-state index is 11.8. The van der Waals surface area contributed by atoms with Crippen LogP contribution in [0.2, 0.25) is 0 Å². The lowest BCUT2D eigenvalue weighted by Gasteiger charge is -2.01. The molecule has 4 nitrogen and oxygen atoms in total. The normalized spacial score (nSPS) is 11.5. The van der Waals surface area contributed by atoms with Crippen molar-refractivity contribution in [2.45, 2.75) is 6.92 Å². The fourth-order valence-corrected chi connectivity index (χ4v) is 3.53. The van der Waals surface area contributed by atoms with Crippen LogP contribution in [-0.2, 0) is 7.05 Å². The molecule has 0 bridgehead atoms. The SMILES string of the molecule is Cc1c(-c2ccc3sc(=O)n(C)c3c2)nc2ccccn12. The maximum Gasteiger partial charge on any atom is 0.307 e. The van der Waals surface area contributed by atoms with Crippen molar-refractivity contribution in [3.05, 3.63) is 58.0 Å². The van der Waals surface area contributed by atoms with Gasteiger partial charge in [-0.3, -0.25) is 4.79 Å². The molecule has 0 amide bonds. The molecule has 3 aromatic heterocycles. The first-order chi connectivity index (χ1) is 10.1. The number of hydrogen-bond acceptors (Lipinski definition) is 3. The van der Waals surface area contributed by atoms with Crippen LogP contribution in [0.3, 0.4) is 0 Å². The Labute approximate surface area is 124 Å². The Morgan fingerprint density at radius 1 is 1.19 bits per heavy atom. The summed E-state index contributed by atoms with van der Waals surface area (Å²) in [6.45, 7) is 2.06. The molecular formula is C16H13N3OS. The first-order valence-corrected chi connectivity index (χ1v) is 7.50. The van der Waals surface area contributed by atoms with Gasteiger partial charge >= 0.3 is 4.87 Å². The van der Waals surface area contributed by atoms with Crippen molar-refractivity contribution >= 4 is 27.2 Å². The van der Waals surface area contributed by atoms with E-state index in [0.29, 0.717) is 0 Å². The molecule has 0 aliphatic carbocycles. The Hall–Kier alpha value is -2.40. The third-order valence-corrected chi connectivity index (χ3v) is 4.85. The van der Waals surface area contributed by atoms with E-state index in [9.17, 15) is 4.79 Å². The van der Waals surface area contributed by atoms with E-state index in [2.05, 4.69) is 11.3 Å². The Bertz CT molecular complexity index is 1040. The van der Waals surface area contributed by atoms with Crippen LogP contribution < -0.4 is 4.87 Å². The average molecular weight is 295 g/mol. The molecule has 0 fully saturated rings. The number of aryl methyl sites for hydroxylation is 2. The number of benzene rings is 1. The number of hydrogen-bond donors (Lipinski definition) is 0. The fraction of sp³-hybridized carbons (Fsp3) is 0.125. The number of fused-ring (bicyclic) bond motifs is 2. The van der Waals surface area contributed by atoms with E-state index < -0.39 is 0 Å². The van der Waals surface area contributed by atoms with Crippen LogP contribution in [0.25, 0.3) is 27.1 Å². The highest BCUT2D eigenvalue weighted by Crippen LogP contribution is 2.27. The second-order valence-electron chi connectivity index (χ2n) is 5.08. The topological polar surface area (TPSA) is 39.3 Å². The van der Waals surface area contributed by atoms with Gasteiger partial charge in [-0.2, -0.15) is 0 Å². The van der Waals surface area contributed by atoms with Crippen molar-refractivity contribution in [1.82, 2.24) is 14.0 Å². The molecule has 4 rings (SSSR count). The predicted molar refractivity (Wildman–Crippen MR) is 86.0 cm³/mol. The van der Waals surface area contributed by atoms with Crippen LogP contribution in [0.4, 0.5) is 0 Å². The van der Waals surface area contributed by atoms with Crippen molar-refractivity contribution in [2.75, 3.05) is 0 Å². The molecule has 0 radical (unpaired) electrons. The summed E-state index contributed by atoms with van der Waals surface area (Å²) in [5.74, 6) is 0. The minimum atomic E-state index is 0.0638. The zero-order valence-electron chi connectivity index (χ0n) is 11.7. The van der Waals surface area contributed by atoms with Gasteiger partial charge in [-0.1, -0.05) is 23.5 Å². The summed E-state index contributed by atoms with van der Waals surface area (Å²) in [5, 5.41) is 0. The van der Waals surface area contributed by atoms with Crippen molar-refractivity contribution < 1.29 is 0 Å². The van der Waals surface area contributed by atoms with E-state index in [4.69, 9.17) is 4.98 Å². The van der Waals surface area contributed by atoms with E-state index in [1.165, 1.54) is 11.3 Å². The van der Waals surface area contributed by atoms with Gasteiger partial charge in [0.25, 0.3) is 0 Å². The zero-order valence-corrected chi connectivity index (χ0v) is 12.5. The summed E-state index contributed by atoms with van der Waals surface area (Å²) < 4.78 is 4.77. The molecule has 1 aromatic carbocycles. The van der Waals surface area contributed by atoms with Crippen molar-refractivity contribution in [3.8, 4) is 11.3 Å². The molecule has 0 saturated heterocycles. The Balaban J connectivity index is 2.01. The molecule has 0 aliphatic heterocycles. The summed E-state index contributed by atoms with van der Waals surface area (Å²) in [7, 11) is 1.81. The second-order valence-corrected chi connectivity index (χ2v) is 6.08. The number of imidazole rings is 1. The minimum absolute atomic E-state index is 0.0638. The number of pyridine rings is 1. The number of aromatic nitrogens is 3. The number of nitrogens with zero attached hydrogens (tertiary/aromatic N) is 3. The second kappa shape index (κ2) is 4.30. The lowest BCUT2D eigenvalue weighted by atomic mass is 10.1. The van der Waals surface area contributed by atoms with Gasteiger partial charge < -0.3 is 8.97 Å². The van der Waals surface area contributed by atoms with Crippen LogP contribution in [0.1, 0.15) is 5.69 Å². The smallest absolute Gasteiger partial charge is 0.304 e. The van der Waals surface area contributed by atoms with Gasteiger partial charge in [0.2, 0.25) is 0 Å². The number of rotatable bonds is 1. The van der Waals surface area contributed by atoms with E-state index >= 15 is 0 Å². The van der Waals surface area contributed by atoms with Gasteiger partial charge in [-0.05, 0) is 31.2 Å². The van der Waals surface area contributed by atoms with Gasteiger partial charge in [0.1, 0.15) is 5.65 Å². The van der Waals surface area contributed by atoms with Gasteiger partial charge in [0, 0.05) is 24.5 Å². The quantitative estimate of drug-likeness (QED) is 0.541. The Kier molecular flexibility index (Phi) is 2.53. The van der Waals surface area contributed by atoms with Crippen LogP contribution in [-0.4, -0.2) is 14.0 Å². The van der Waals surface area contributed by atoms with E-state index in [1.807, 2.05) is 49.6 Å². The lowest BCUT2D eigenvalue weighted by molar-refractivity contribution is 0.939. The maximum atomic E-state index is 11.8. The predicted octanol–water partition coefficient (Wildman–Crippen LogP) is 3.22. The molecular weight excluding hydrogens is 282 g/mol. The van der Waals surface area contributed by atoms with E-state index in [0.717, 1.165) is 32.8 Å². The van der Waals surface area contributed by atoms with E-state index in [-0.39, 0.29) is 4.87 Å². The van der Waals surface area contributed by atoms with Gasteiger partial charge in [-0.15, -0.1) is 0 Å². The largest absolute Gasteiger partial charge is 0.307 e. The molecule has 3 heterocycles. The monoisotopic (exact) mass is 295 g/mol. The Morgan fingerprint density at radius 3 is 2.86 bits per heavy atom. The summed E-state index contributed by atoms with van der Waals surface area (Å²) in [4.78, 5) is 16.5. The minimum Gasteiger partial charge on any atom is -0.304 e. The highest BCUT2D eigenvalue weighted by molar-refractivity contribution is 7.16. The van der Waals surface area contributed by atoms with Crippen molar-refractivity contribution in [3.63, 3.8) is 0 Å². The third-order valence-electron chi connectivity index (χ3n) is 3.83. The van der Waals surface area contributed by atoms with Crippen LogP contribution in [0.15, 0.2) is 47.4 Å². The standard InChI is InChI=1S/C16H13N3OS/c1-10-15(17-14-5-3-4-8-19(10)14)11-6-7-13-12(9-11)18(2)16(20)21-13/h3-9H,1-2H3. The molecule has 5 heteroatoms. The van der Waals surface area contributed by atoms with Crippen LogP contribution in [0.5, 0.6) is 0 Å². The summed E-state index contributed by atoms with van der Waals surface area (Å²) in [6.07, 6.45) is 2.01. The molecule has 0 N–H and O–H groups in total. The lowest BCUT2D eigenvalue weighted by Crippen LogP contribution is -2.06. The number of thiazole rings is 1. The summed E-state index contributed by atoms with van der Waals surface area (Å²) in [6, 6.07) is 12.1. The van der Waals surface area contributed by atoms with Crippen LogP contribution >= 0.6 is 11.3 Å². The Morgan fingerprint density at radius 2 is 2.05 bits per heavy atom. The molecule has 0 atom stereocenters. The highest BCUT2D eigenvalue weighted by Gasteiger charge is 2.12. The summed E-state index contributed by atoms with van der Waals surface area (Å²) >= 11 is 1.27. The molecule has 104 valence electrons. The molecule has 0 unspecified atom stereocenters. The average Bonchev–Trinajstić information content (AvgIpc) is 2.98. The van der Waals surface area contributed by atoms with Gasteiger partial charge in [-0.25, -0.2) is 4.98 Å².